The molecule has 6 heteroatoms. The van der Waals surface area contributed by atoms with Crippen LogP contribution in [0.2, 0.25) is 0 Å². The van der Waals surface area contributed by atoms with Gasteiger partial charge in [0, 0.05) is 25.7 Å². The van der Waals surface area contributed by atoms with Gasteiger partial charge in [0.15, 0.2) is 0 Å². The molecular weight excluding hydrogens is 326 g/mol. The average molecular weight is 353 g/mol. The van der Waals surface area contributed by atoms with Crippen molar-refractivity contribution < 1.29 is 4.79 Å². The van der Waals surface area contributed by atoms with E-state index in [9.17, 15) is 4.79 Å². The lowest BCUT2D eigenvalue weighted by atomic mass is 10.1. The minimum absolute atomic E-state index is 0.0248. The van der Waals surface area contributed by atoms with Crippen molar-refractivity contribution in [1.82, 2.24) is 24.6 Å². The molecule has 2 heterocycles. The lowest BCUT2D eigenvalue weighted by molar-refractivity contribution is -0.124. The molecular formula is C20H27N5O. The van der Waals surface area contributed by atoms with E-state index in [1.165, 1.54) is 0 Å². The maximum atomic E-state index is 12.7. The summed E-state index contributed by atoms with van der Waals surface area (Å²) in [6.07, 6.45) is 2.41. The fourth-order valence-electron chi connectivity index (χ4n) is 3.43. The van der Waals surface area contributed by atoms with Gasteiger partial charge in [-0.3, -0.25) is 9.48 Å². The SMILES string of the molecule is CCCC(C(=O)NCCc1nc2ccccc2n1C)n1nc(C)cc1C. The maximum Gasteiger partial charge on any atom is 0.244 e. The first-order valence-corrected chi connectivity index (χ1v) is 9.22. The summed E-state index contributed by atoms with van der Waals surface area (Å²) in [6, 6.07) is 9.83. The largest absolute Gasteiger partial charge is 0.354 e. The van der Waals surface area contributed by atoms with E-state index in [1.54, 1.807) is 0 Å². The predicted molar refractivity (Wildman–Crippen MR) is 103 cm³/mol. The maximum absolute atomic E-state index is 12.7. The summed E-state index contributed by atoms with van der Waals surface area (Å²) in [5.74, 6) is 1.00. The Morgan fingerprint density at radius 3 is 2.69 bits per heavy atom. The Morgan fingerprint density at radius 1 is 1.27 bits per heavy atom. The van der Waals surface area contributed by atoms with Gasteiger partial charge in [-0.15, -0.1) is 0 Å². The van der Waals surface area contributed by atoms with E-state index in [4.69, 9.17) is 0 Å². The monoisotopic (exact) mass is 353 g/mol. The molecule has 1 aromatic carbocycles. The van der Waals surface area contributed by atoms with Crippen LogP contribution in [0.4, 0.5) is 0 Å². The molecule has 0 aliphatic heterocycles. The van der Waals surface area contributed by atoms with Gasteiger partial charge in [-0.2, -0.15) is 5.10 Å². The molecule has 1 N–H and O–H groups in total. The third-order valence-electron chi connectivity index (χ3n) is 4.73. The molecule has 0 bridgehead atoms. The number of amides is 1. The van der Waals surface area contributed by atoms with Gasteiger partial charge >= 0.3 is 0 Å². The van der Waals surface area contributed by atoms with E-state index in [2.05, 4.69) is 33.0 Å². The van der Waals surface area contributed by atoms with E-state index < -0.39 is 0 Å². The van der Waals surface area contributed by atoms with E-state index >= 15 is 0 Å². The number of imidazole rings is 1. The summed E-state index contributed by atoms with van der Waals surface area (Å²) in [6.45, 7) is 6.60. The fraction of sp³-hybridized carbons (Fsp3) is 0.450. The van der Waals surface area contributed by atoms with Crippen molar-refractivity contribution >= 4 is 16.9 Å². The fourth-order valence-corrected chi connectivity index (χ4v) is 3.43. The average Bonchev–Trinajstić information content (AvgIpc) is 3.12. The molecule has 0 fully saturated rings. The van der Waals surface area contributed by atoms with Crippen LogP contribution in [-0.2, 0) is 18.3 Å². The number of hydrogen-bond donors (Lipinski definition) is 1. The van der Waals surface area contributed by atoms with Gasteiger partial charge in [0.05, 0.1) is 16.7 Å². The number of carbonyl (C=O) groups excluding carboxylic acids is 1. The summed E-state index contributed by atoms with van der Waals surface area (Å²) in [7, 11) is 2.02. The lowest BCUT2D eigenvalue weighted by Gasteiger charge is -2.18. The molecule has 0 aliphatic carbocycles. The second-order valence-corrected chi connectivity index (χ2v) is 6.79. The molecule has 0 saturated carbocycles. The Labute approximate surface area is 154 Å². The topological polar surface area (TPSA) is 64.7 Å². The molecule has 3 rings (SSSR count). The van der Waals surface area contributed by atoms with Crippen molar-refractivity contribution in [1.29, 1.82) is 0 Å². The van der Waals surface area contributed by atoms with E-state index in [1.807, 2.05) is 49.8 Å². The smallest absolute Gasteiger partial charge is 0.244 e. The number of aryl methyl sites for hydroxylation is 3. The molecule has 1 amide bonds. The van der Waals surface area contributed by atoms with Gasteiger partial charge in [-0.1, -0.05) is 25.5 Å². The highest BCUT2D eigenvalue weighted by Gasteiger charge is 2.22. The number of rotatable bonds is 7. The van der Waals surface area contributed by atoms with Crippen LogP contribution in [0.25, 0.3) is 11.0 Å². The van der Waals surface area contributed by atoms with Crippen LogP contribution in [0, 0.1) is 13.8 Å². The Bertz CT molecular complexity index is 908. The van der Waals surface area contributed by atoms with Crippen molar-refractivity contribution in [2.75, 3.05) is 6.54 Å². The Balaban J connectivity index is 1.66. The highest BCUT2D eigenvalue weighted by Crippen LogP contribution is 2.17. The quantitative estimate of drug-likeness (QED) is 0.710. The molecule has 0 spiro atoms. The zero-order valence-electron chi connectivity index (χ0n) is 16.0. The second-order valence-electron chi connectivity index (χ2n) is 6.79. The Hall–Kier alpha value is -2.63. The lowest BCUT2D eigenvalue weighted by Crippen LogP contribution is -2.35. The first-order valence-electron chi connectivity index (χ1n) is 9.22. The number of nitrogens with one attached hydrogen (secondary N) is 1. The van der Waals surface area contributed by atoms with Crippen LogP contribution in [-0.4, -0.2) is 31.8 Å². The zero-order valence-corrected chi connectivity index (χ0v) is 16.0. The number of benzene rings is 1. The Kier molecular flexibility index (Phi) is 5.40. The van der Waals surface area contributed by atoms with Crippen molar-refractivity contribution in [3.63, 3.8) is 0 Å². The van der Waals surface area contributed by atoms with Crippen molar-refractivity contribution in [2.45, 2.75) is 46.1 Å². The number of fused-ring (bicyclic) bond motifs is 1. The molecule has 3 aromatic rings. The number of nitrogens with zero attached hydrogens (tertiary/aromatic N) is 4. The highest BCUT2D eigenvalue weighted by molar-refractivity contribution is 5.80. The number of para-hydroxylation sites is 2. The number of aromatic nitrogens is 4. The van der Waals surface area contributed by atoms with Gasteiger partial charge in [0.25, 0.3) is 0 Å². The van der Waals surface area contributed by atoms with Crippen LogP contribution >= 0.6 is 0 Å². The van der Waals surface area contributed by atoms with Crippen LogP contribution in [0.1, 0.15) is 43.0 Å². The molecule has 6 nitrogen and oxygen atoms in total. The summed E-state index contributed by atoms with van der Waals surface area (Å²) in [5.41, 5.74) is 4.06. The van der Waals surface area contributed by atoms with Crippen LogP contribution in [0.15, 0.2) is 30.3 Å². The molecule has 1 unspecified atom stereocenters. The summed E-state index contributed by atoms with van der Waals surface area (Å²) in [5, 5.41) is 7.57. The van der Waals surface area contributed by atoms with Crippen LogP contribution < -0.4 is 5.32 Å². The Morgan fingerprint density at radius 2 is 2.04 bits per heavy atom. The minimum atomic E-state index is -0.255. The van der Waals surface area contributed by atoms with E-state index in [-0.39, 0.29) is 11.9 Å². The normalized spacial score (nSPS) is 12.5. The summed E-state index contributed by atoms with van der Waals surface area (Å²) < 4.78 is 3.94. The number of hydrogen-bond acceptors (Lipinski definition) is 3. The van der Waals surface area contributed by atoms with Gasteiger partial charge in [-0.25, -0.2) is 4.98 Å². The van der Waals surface area contributed by atoms with Crippen molar-refractivity contribution in [3.05, 3.63) is 47.5 Å². The van der Waals surface area contributed by atoms with Gasteiger partial charge in [0.2, 0.25) is 5.91 Å². The summed E-state index contributed by atoms with van der Waals surface area (Å²) in [4.78, 5) is 17.4. The standard InChI is InChI=1S/C20H27N5O/c1-5-8-18(25-15(3)13-14(2)23-25)20(26)21-12-11-19-22-16-9-6-7-10-17(16)24(19)4/h6-7,9-10,13,18H,5,8,11-12H2,1-4H3,(H,21,26). The minimum Gasteiger partial charge on any atom is -0.354 e. The van der Waals surface area contributed by atoms with E-state index in [0.29, 0.717) is 13.0 Å². The first kappa shape index (κ1) is 18.2. The van der Waals surface area contributed by atoms with Gasteiger partial charge in [0.1, 0.15) is 11.9 Å². The van der Waals surface area contributed by atoms with Crippen molar-refractivity contribution in [3.8, 4) is 0 Å². The predicted octanol–water partition coefficient (Wildman–Crippen LogP) is 3.09. The molecule has 2 aromatic heterocycles. The van der Waals surface area contributed by atoms with Gasteiger partial charge < -0.3 is 9.88 Å². The molecule has 138 valence electrons. The van der Waals surface area contributed by atoms with Crippen LogP contribution in [0.5, 0.6) is 0 Å². The number of carbonyl (C=O) groups is 1. The molecule has 0 saturated heterocycles. The molecule has 0 radical (unpaired) electrons. The molecule has 26 heavy (non-hydrogen) atoms. The van der Waals surface area contributed by atoms with Crippen molar-refractivity contribution in [2.24, 2.45) is 7.05 Å². The zero-order chi connectivity index (χ0) is 18.7. The third-order valence-corrected chi connectivity index (χ3v) is 4.73. The second kappa shape index (κ2) is 7.72. The molecule has 1 atom stereocenters. The van der Waals surface area contributed by atoms with E-state index in [0.717, 1.165) is 41.1 Å². The van der Waals surface area contributed by atoms with Crippen LogP contribution in [0.3, 0.4) is 0 Å². The highest BCUT2D eigenvalue weighted by atomic mass is 16.2. The molecule has 0 aliphatic rings. The van der Waals surface area contributed by atoms with Gasteiger partial charge in [-0.05, 0) is 38.5 Å². The first-order chi connectivity index (χ1) is 12.5. The summed E-state index contributed by atoms with van der Waals surface area (Å²) >= 11 is 0. The third kappa shape index (κ3) is 3.64.